The quantitative estimate of drug-likeness (QED) is 0.225. The SMILES string of the molecule is CCc1c(F)ccc2cc(O)cc(-c3ncc4c(N5CCCC(c6ncn[nH]6)C5)nc(OC[C@@]56CCCN5C[C@H](F)C6)nc4c3F)c12. The van der Waals surface area contributed by atoms with E-state index in [1.165, 1.54) is 30.7 Å². The molecule has 0 amide bonds. The molecule has 244 valence electrons. The van der Waals surface area contributed by atoms with Crippen LogP contribution in [0.1, 0.15) is 56.3 Å². The van der Waals surface area contributed by atoms with E-state index in [1.807, 2.05) is 6.92 Å². The van der Waals surface area contributed by atoms with Crippen LogP contribution in [0.2, 0.25) is 0 Å². The number of hydrogen-bond acceptors (Lipinski definition) is 9. The molecular weight excluding hydrogens is 609 g/mol. The highest BCUT2D eigenvalue weighted by molar-refractivity contribution is 6.01. The molecule has 0 saturated carbocycles. The lowest BCUT2D eigenvalue weighted by atomic mass is 9.94. The number of ether oxygens (including phenoxy) is 1. The Hall–Kier alpha value is -4.52. The maximum Gasteiger partial charge on any atom is 0.319 e. The topological polar surface area (TPSA) is 116 Å². The number of halogens is 3. The van der Waals surface area contributed by atoms with E-state index in [0.717, 1.165) is 38.1 Å². The van der Waals surface area contributed by atoms with Gasteiger partial charge in [-0.15, -0.1) is 0 Å². The van der Waals surface area contributed by atoms with Crippen LogP contribution in [-0.2, 0) is 6.42 Å². The summed E-state index contributed by atoms with van der Waals surface area (Å²) < 4.78 is 52.7. The summed E-state index contributed by atoms with van der Waals surface area (Å²) in [7, 11) is 0. The van der Waals surface area contributed by atoms with Crippen LogP contribution in [0.4, 0.5) is 19.0 Å². The van der Waals surface area contributed by atoms with Gasteiger partial charge in [0.2, 0.25) is 0 Å². The molecule has 0 radical (unpaired) electrons. The molecule has 0 spiro atoms. The van der Waals surface area contributed by atoms with E-state index in [-0.39, 0.29) is 41.1 Å². The first-order chi connectivity index (χ1) is 22.8. The van der Waals surface area contributed by atoms with Crippen molar-refractivity contribution in [2.45, 2.75) is 63.1 Å². The zero-order chi connectivity index (χ0) is 32.3. The van der Waals surface area contributed by atoms with Crippen LogP contribution in [0.5, 0.6) is 11.8 Å². The number of nitrogens with zero attached hydrogens (tertiary/aromatic N) is 7. The minimum absolute atomic E-state index is 0.00157. The summed E-state index contributed by atoms with van der Waals surface area (Å²) in [6.45, 7) is 4.43. The highest BCUT2D eigenvalue weighted by Gasteiger charge is 2.49. The molecule has 0 bridgehead atoms. The van der Waals surface area contributed by atoms with Crippen molar-refractivity contribution in [2.75, 3.05) is 37.7 Å². The van der Waals surface area contributed by atoms with Crippen molar-refractivity contribution < 1.29 is 23.0 Å². The van der Waals surface area contributed by atoms with E-state index in [2.05, 4.69) is 34.9 Å². The first-order valence-corrected chi connectivity index (χ1v) is 16.3. The molecule has 3 aliphatic rings. The number of aromatic nitrogens is 6. The van der Waals surface area contributed by atoms with Gasteiger partial charge in [0.25, 0.3) is 0 Å². The van der Waals surface area contributed by atoms with E-state index < -0.39 is 23.3 Å². The molecule has 6 heterocycles. The van der Waals surface area contributed by atoms with Crippen LogP contribution in [0.15, 0.2) is 36.8 Å². The molecule has 47 heavy (non-hydrogen) atoms. The van der Waals surface area contributed by atoms with Crippen LogP contribution < -0.4 is 9.64 Å². The van der Waals surface area contributed by atoms with Gasteiger partial charge in [0, 0.05) is 43.7 Å². The standard InChI is InChI=1S/C34H35F3N8O2/c1-2-23-26(36)7-6-19-11-22(46)12-24(27(19)23)29-28(37)30-25(14-38-29)32(44-9-3-5-20(15-44)31-39-18-40-43-31)42-33(41-30)47-17-34-8-4-10-45(34)16-21(35)13-34/h6-7,11-12,14,18,20-21,46H,2-5,8-10,13,15-17H2,1H3,(H,39,40,43)/t20?,21-,34+/m1/s1. The third kappa shape index (κ3) is 5.11. The highest BCUT2D eigenvalue weighted by atomic mass is 19.1. The molecule has 5 aromatic rings. The maximum absolute atomic E-state index is 16.9. The summed E-state index contributed by atoms with van der Waals surface area (Å²) in [5, 5.41) is 19.0. The van der Waals surface area contributed by atoms with E-state index in [0.29, 0.717) is 60.0 Å². The maximum atomic E-state index is 16.9. The number of aryl methyl sites for hydroxylation is 1. The number of nitrogens with one attached hydrogen (secondary N) is 1. The Bertz CT molecular complexity index is 1980. The fourth-order valence-electron chi connectivity index (χ4n) is 8.00. The van der Waals surface area contributed by atoms with Crippen LogP contribution in [0, 0.1) is 11.6 Å². The minimum Gasteiger partial charge on any atom is -0.508 e. The molecule has 2 N–H and O–H groups in total. The second-order valence-corrected chi connectivity index (χ2v) is 13.0. The van der Waals surface area contributed by atoms with E-state index in [1.54, 1.807) is 6.07 Å². The van der Waals surface area contributed by atoms with Gasteiger partial charge in [-0.05, 0) is 73.2 Å². The van der Waals surface area contributed by atoms with Crippen molar-refractivity contribution in [3.8, 4) is 23.0 Å². The predicted molar refractivity (Wildman–Crippen MR) is 170 cm³/mol. The lowest BCUT2D eigenvalue weighted by molar-refractivity contribution is 0.107. The summed E-state index contributed by atoms with van der Waals surface area (Å²) in [5.74, 6) is 0.0671. The van der Waals surface area contributed by atoms with Crippen LogP contribution >= 0.6 is 0 Å². The summed E-state index contributed by atoms with van der Waals surface area (Å²) in [6, 6.07) is 5.85. The summed E-state index contributed by atoms with van der Waals surface area (Å²) in [5.41, 5.74) is 0.161. The van der Waals surface area contributed by atoms with Crippen molar-refractivity contribution in [1.82, 2.24) is 35.0 Å². The van der Waals surface area contributed by atoms with Crippen molar-refractivity contribution in [1.29, 1.82) is 0 Å². The third-order valence-corrected chi connectivity index (χ3v) is 10.2. The Kier molecular flexibility index (Phi) is 7.38. The average Bonchev–Trinajstić information content (AvgIpc) is 3.81. The first kappa shape index (κ1) is 29.9. The molecule has 1 unspecified atom stereocenters. The zero-order valence-electron chi connectivity index (χ0n) is 26.0. The van der Waals surface area contributed by atoms with Gasteiger partial charge in [-0.3, -0.25) is 15.0 Å². The number of phenolic OH excluding ortho intramolecular Hbond substituents is 1. The Morgan fingerprint density at radius 1 is 1.11 bits per heavy atom. The number of aromatic amines is 1. The number of aromatic hydroxyl groups is 1. The summed E-state index contributed by atoms with van der Waals surface area (Å²) >= 11 is 0. The minimum atomic E-state index is -0.922. The second-order valence-electron chi connectivity index (χ2n) is 13.0. The van der Waals surface area contributed by atoms with Crippen LogP contribution in [0.3, 0.4) is 0 Å². The second kappa shape index (κ2) is 11.6. The molecule has 0 aliphatic carbocycles. The van der Waals surface area contributed by atoms with Crippen molar-refractivity contribution in [2.24, 2.45) is 0 Å². The van der Waals surface area contributed by atoms with Gasteiger partial charge in [0.15, 0.2) is 5.82 Å². The molecule has 2 aromatic carbocycles. The van der Waals surface area contributed by atoms with Crippen molar-refractivity contribution >= 4 is 27.5 Å². The zero-order valence-corrected chi connectivity index (χ0v) is 26.0. The van der Waals surface area contributed by atoms with E-state index in [9.17, 15) is 13.9 Å². The number of fused-ring (bicyclic) bond motifs is 3. The molecule has 3 aliphatic heterocycles. The Morgan fingerprint density at radius 2 is 2.00 bits per heavy atom. The third-order valence-electron chi connectivity index (χ3n) is 10.2. The van der Waals surface area contributed by atoms with E-state index in [4.69, 9.17) is 9.72 Å². The molecule has 3 aromatic heterocycles. The van der Waals surface area contributed by atoms with Crippen LogP contribution in [-0.4, -0.2) is 84.6 Å². The number of rotatable bonds is 7. The lowest BCUT2D eigenvalue weighted by Crippen LogP contribution is -2.43. The van der Waals surface area contributed by atoms with Gasteiger partial charge in [-0.1, -0.05) is 13.0 Å². The van der Waals surface area contributed by atoms with Gasteiger partial charge in [-0.2, -0.15) is 15.1 Å². The largest absolute Gasteiger partial charge is 0.508 e. The number of H-pyrrole nitrogens is 1. The fourth-order valence-corrected chi connectivity index (χ4v) is 8.00. The van der Waals surface area contributed by atoms with Crippen molar-refractivity contribution in [3.05, 3.63) is 59.8 Å². The molecule has 3 atom stereocenters. The molecular formula is C34H35F3N8O2. The normalized spacial score (nSPS) is 23.2. The molecule has 10 nitrogen and oxygen atoms in total. The van der Waals surface area contributed by atoms with Crippen LogP contribution in [0.25, 0.3) is 32.9 Å². The molecule has 13 heteroatoms. The number of phenols is 1. The highest BCUT2D eigenvalue weighted by Crippen LogP contribution is 2.42. The van der Waals surface area contributed by atoms with Gasteiger partial charge in [0.1, 0.15) is 53.5 Å². The number of benzene rings is 2. The summed E-state index contributed by atoms with van der Waals surface area (Å²) in [4.78, 5) is 22.5. The number of alkyl halides is 1. The Labute approximate surface area is 269 Å². The first-order valence-electron chi connectivity index (χ1n) is 16.3. The van der Waals surface area contributed by atoms with Gasteiger partial charge in [0.05, 0.1) is 10.9 Å². The average molecular weight is 645 g/mol. The predicted octanol–water partition coefficient (Wildman–Crippen LogP) is 5.85. The van der Waals surface area contributed by atoms with Gasteiger partial charge in [-0.25, -0.2) is 18.2 Å². The van der Waals surface area contributed by atoms with Crippen molar-refractivity contribution in [3.63, 3.8) is 0 Å². The molecule has 3 fully saturated rings. The van der Waals surface area contributed by atoms with Gasteiger partial charge >= 0.3 is 6.01 Å². The van der Waals surface area contributed by atoms with E-state index >= 15 is 4.39 Å². The smallest absolute Gasteiger partial charge is 0.319 e. The summed E-state index contributed by atoms with van der Waals surface area (Å²) in [6.07, 6.45) is 6.35. The molecule has 8 rings (SSSR count). The Morgan fingerprint density at radius 3 is 2.83 bits per heavy atom. The number of pyridine rings is 1. The monoisotopic (exact) mass is 644 g/mol. The van der Waals surface area contributed by atoms with Gasteiger partial charge < -0.3 is 14.7 Å². The lowest BCUT2D eigenvalue weighted by Gasteiger charge is -2.33. The number of hydrogen-bond donors (Lipinski definition) is 2. The number of anilines is 1. The molecule has 3 saturated heterocycles. The fraction of sp³-hybridized carbons (Fsp3) is 0.441. The Balaban J connectivity index is 1.26. The number of piperidine rings is 1.